The second kappa shape index (κ2) is 5.15. The molecular formula is C10H13N3O2. The van der Waals surface area contributed by atoms with Crippen LogP contribution in [0.5, 0.6) is 0 Å². The third-order valence-corrected chi connectivity index (χ3v) is 1.93. The van der Waals surface area contributed by atoms with E-state index in [0.717, 1.165) is 11.4 Å². The highest BCUT2D eigenvalue weighted by molar-refractivity contribution is 5.69. The van der Waals surface area contributed by atoms with E-state index >= 15 is 0 Å². The lowest BCUT2D eigenvalue weighted by molar-refractivity contribution is -0.142. The molecule has 1 aromatic heterocycles. The van der Waals surface area contributed by atoms with Crippen LogP contribution in [0.4, 0.5) is 0 Å². The van der Waals surface area contributed by atoms with E-state index < -0.39 is 0 Å². The van der Waals surface area contributed by atoms with Gasteiger partial charge in [0.15, 0.2) is 6.61 Å². The van der Waals surface area contributed by atoms with Gasteiger partial charge in [-0.1, -0.05) is 0 Å². The molecule has 0 unspecified atom stereocenters. The second-order valence-electron chi connectivity index (χ2n) is 3.22. The number of hydrogen-bond acceptors (Lipinski definition) is 4. The van der Waals surface area contributed by atoms with E-state index in [4.69, 9.17) is 5.26 Å². The normalized spacial score (nSPS) is 9.67. The lowest BCUT2D eigenvalue weighted by Crippen LogP contribution is -2.11. The van der Waals surface area contributed by atoms with Crippen LogP contribution < -0.4 is 0 Å². The minimum atomic E-state index is -0.371. The van der Waals surface area contributed by atoms with Crippen molar-refractivity contribution in [3.63, 3.8) is 0 Å². The van der Waals surface area contributed by atoms with Crippen molar-refractivity contribution in [3.8, 4) is 6.07 Å². The molecule has 0 amide bonds. The fraction of sp³-hybridized carbons (Fsp3) is 0.500. The molecule has 1 rings (SSSR count). The van der Waals surface area contributed by atoms with E-state index in [1.165, 1.54) is 0 Å². The molecule has 0 spiro atoms. The molecule has 0 aromatic carbocycles. The Morgan fingerprint density at radius 1 is 1.67 bits per heavy atom. The van der Waals surface area contributed by atoms with Crippen LogP contribution in [-0.4, -0.2) is 22.4 Å². The monoisotopic (exact) mass is 207 g/mol. The Hall–Kier alpha value is -1.83. The third kappa shape index (κ3) is 3.43. The first-order valence-corrected chi connectivity index (χ1v) is 4.67. The molecule has 5 heteroatoms. The van der Waals surface area contributed by atoms with E-state index in [-0.39, 0.29) is 19.0 Å². The van der Waals surface area contributed by atoms with Gasteiger partial charge >= 0.3 is 5.97 Å². The topological polar surface area (TPSA) is 67.9 Å². The number of carbonyl (C=O) groups excluding carboxylic acids is 1. The highest BCUT2D eigenvalue weighted by Crippen LogP contribution is 2.02. The zero-order valence-corrected chi connectivity index (χ0v) is 8.86. The summed E-state index contributed by atoms with van der Waals surface area (Å²) in [5.74, 6) is -0.371. The van der Waals surface area contributed by atoms with Crippen LogP contribution in [0.2, 0.25) is 0 Å². The number of rotatable bonds is 4. The van der Waals surface area contributed by atoms with Gasteiger partial charge in [-0.25, -0.2) is 0 Å². The lowest BCUT2D eigenvalue weighted by Gasteiger charge is -2.03. The predicted molar refractivity (Wildman–Crippen MR) is 52.9 cm³/mol. The van der Waals surface area contributed by atoms with Gasteiger partial charge in [0, 0.05) is 5.69 Å². The molecule has 0 fully saturated rings. The maximum Gasteiger partial charge on any atom is 0.308 e. The highest BCUT2D eigenvalue weighted by atomic mass is 16.5. The molecule has 0 saturated heterocycles. The van der Waals surface area contributed by atoms with E-state index in [9.17, 15) is 4.79 Å². The molecule has 0 aliphatic carbocycles. The maximum absolute atomic E-state index is 11.1. The standard InChI is InChI=1S/C10H13N3O2/c1-8-7-9(2)13(12-8)5-3-10(14)15-6-4-11/h7H,3,5-6H2,1-2H3. The van der Waals surface area contributed by atoms with Gasteiger partial charge in [0.05, 0.1) is 18.7 Å². The largest absolute Gasteiger partial charge is 0.450 e. The van der Waals surface area contributed by atoms with Crippen LogP contribution in [0.1, 0.15) is 17.8 Å². The van der Waals surface area contributed by atoms with E-state index in [1.807, 2.05) is 19.9 Å². The van der Waals surface area contributed by atoms with Crippen molar-refractivity contribution in [2.45, 2.75) is 26.8 Å². The number of nitriles is 1. The Morgan fingerprint density at radius 2 is 2.40 bits per heavy atom. The van der Waals surface area contributed by atoms with Gasteiger partial charge in [-0.2, -0.15) is 10.4 Å². The molecule has 0 radical (unpaired) electrons. The summed E-state index contributed by atoms with van der Waals surface area (Å²) in [4.78, 5) is 11.1. The number of nitrogens with zero attached hydrogens (tertiary/aromatic N) is 3. The van der Waals surface area contributed by atoms with Crippen LogP contribution in [-0.2, 0) is 16.1 Å². The molecule has 15 heavy (non-hydrogen) atoms. The number of aromatic nitrogens is 2. The van der Waals surface area contributed by atoms with Gasteiger partial charge in [0.2, 0.25) is 0 Å². The molecule has 1 aromatic rings. The van der Waals surface area contributed by atoms with Crippen LogP contribution in [0.25, 0.3) is 0 Å². The van der Waals surface area contributed by atoms with E-state index in [1.54, 1.807) is 10.8 Å². The fourth-order valence-electron chi connectivity index (χ4n) is 1.28. The van der Waals surface area contributed by atoms with Crippen molar-refractivity contribution in [2.75, 3.05) is 6.61 Å². The van der Waals surface area contributed by atoms with Crippen LogP contribution in [0.3, 0.4) is 0 Å². The number of aryl methyl sites for hydroxylation is 3. The number of hydrogen-bond donors (Lipinski definition) is 0. The minimum absolute atomic E-state index is 0.185. The summed E-state index contributed by atoms with van der Waals surface area (Å²) < 4.78 is 6.37. The van der Waals surface area contributed by atoms with Gasteiger partial charge in [-0.05, 0) is 19.9 Å². The Morgan fingerprint density at radius 3 is 2.93 bits per heavy atom. The quantitative estimate of drug-likeness (QED) is 0.689. The second-order valence-corrected chi connectivity index (χ2v) is 3.22. The molecule has 0 N–H and O–H groups in total. The Bertz CT molecular complexity index is 390. The average Bonchev–Trinajstić information content (AvgIpc) is 2.51. The van der Waals surface area contributed by atoms with Crippen LogP contribution in [0.15, 0.2) is 6.07 Å². The minimum Gasteiger partial charge on any atom is -0.450 e. The van der Waals surface area contributed by atoms with Crippen molar-refractivity contribution in [2.24, 2.45) is 0 Å². The third-order valence-electron chi connectivity index (χ3n) is 1.93. The first kappa shape index (κ1) is 11.2. The summed E-state index contributed by atoms with van der Waals surface area (Å²) >= 11 is 0. The number of ether oxygens (including phenoxy) is 1. The van der Waals surface area contributed by atoms with Gasteiger partial charge < -0.3 is 4.74 Å². The van der Waals surface area contributed by atoms with Crippen molar-refractivity contribution in [1.29, 1.82) is 5.26 Å². The Kier molecular flexibility index (Phi) is 3.86. The Balaban J connectivity index is 2.40. The molecule has 0 bridgehead atoms. The number of esters is 1. The van der Waals surface area contributed by atoms with Gasteiger partial charge in [0.25, 0.3) is 0 Å². The fourth-order valence-corrected chi connectivity index (χ4v) is 1.28. The molecular weight excluding hydrogens is 194 g/mol. The van der Waals surface area contributed by atoms with E-state index in [0.29, 0.717) is 6.54 Å². The molecule has 80 valence electrons. The van der Waals surface area contributed by atoms with Gasteiger partial charge in [-0.15, -0.1) is 0 Å². The smallest absolute Gasteiger partial charge is 0.308 e. The van der Waals surface area contributed by atoms with E-state index in [2.05, 4.69) is 9.84 Å². The molecule has 0 aliphatic heterocycles. The summed E-state index contributed by atoms with van der Waals surface area (Å²) in [5, 5.41) is 12.4. The molecule has 0 aliphatic rings. The first-order chi connectivity index (χ1) is 7.13. The zero-order valence-electron chi connectivity index (χ0n) is 8.86. The zero-order chi connectivity index (χ0) is 11.3. The van der Waals surface area contributed by atoms with Crippen LogP contribution >= 0.6 is 0 Å². The summed E-state index contributed by atoms with van der Waals surface area (Å²) in [5.41, 5.74) is 1.94. The van der Waals surface area contributed by atoms with Crippen LogP contribution in [0, 0.1) is 25.2 Å². The summed E-state index contributed by atoms with van der Waals surface area (Å²) in [6.07, 6.45) is 0.240. The Labute approximate surface area is 88.3 Å². The molecule has 0 saturated carbocycles. The first-order valence-electron chi connectivity index (χ1n) is 4.67. The van der Waals surface area contributed by atoms with Crippen molar-refractivity contribution in [1.82, 2.24) is 9.78 Å². The maximum atomic E-state index is 11.1. The highest BCUT2D eigenvalue weighted by Gasteiger charge is 2.05. The lowest BCUT2D eigenvalue weighted by atomic mass is 10.4. The summed E-state index contributed by atoms with van der Waals surface area (Å²) in [6.45, 7) is 4.14. The van der Waals surface area contributed by atoms with Crippen molar-refractivity contribution in [3.05, 3.63) is 17.5 Å². The molecule has 0 atom stereocenters. The predicted octanol–water partition coefficient (Wildman–Crippen LogP) is 0.957. The molecule has 1 heterocycles. The summed E-state index contributed by atoms with van der Waals surface area (Å²) in [7, 11) is 0. The van der Waals surface area contributed by atoms with Crippen molar-refractivity contribution >= 4 is 5.97 Å². The molecule has 5 nitrogen and oxygen atoms in total. The van der Waals surface area contributed by atoms with Gasteiger partial charge in [-0.3, -0.25) is 9.48 Å². The number of carbonyl (C=O) groups is 1. The SMILES string of the molecule is Cc1cc(C)n(CCC(=O)OCC#N)n1. The van der Waals surface area contributed by atoms with Crippen molar-refractivity contribution < 1.29 is 9.53 Å². The summed E-state index contributed by atoms with van der Waals surface area (Å²) in [6, 6.07) is 3.69. The average molecular weight is 207 g/mol. The van der Waals surface area contributed by atoms with Gasteiger partial charge in [0.1, 0.15) is 6.07 Å².